The average molecular weight is 258 g/mol. The monoisotopic (exact) mass is 257 g/mol. The Balaban J connectivity index is 0.00000144. The van der Waals surface area contributed by atoms with E-state index in [2.05, 4.69) is 0 Å². The van der Waals surface area contributed by atoms with E-state index in [1.165, 1.54) is 0 Å². The number of carbonyl (C=O) groups is 1. The fraction of sp³-hybridized carbons (Fsp3) is 0.417. The molecule has 1 aromatic rings. The van der Waals surface area contributed by atoms with Crippen LogP contribution < -0.4 is 27.2 Å². The van der Waals surface area contributed by atoms with Crippen LogP contribution in [0.5, 0.6) is 11.5 Å². The van der Waals surface area contributed by atoms with E-state index >= 15 is 0 Å². The standard InChI is InChI=1S/C12H15NO3.ClH/c1-3-13-8(2)12(14)9-4-5-10-11(6-9)16-7-15-10;/h4-6,8,13H,3,7H2,1-2H3;1H/t8-;/m1./s1. The molecule has 1 atom stereocenters. The molecule has 0 amide bonds. The van der Waals surface area contributed by atoms with E-state index in [0.29, 0.717) is 17.1 Å². The van der Waals surface area contributed by atoms with Crippen LogP contribution in [0.1, 0.15) is 24.2 Å². The molecule has 0 fully saturated rings. The van der Waals surface area contributed by atoms with Gasteiger partial charge in [-0.25, -0.2) is 0 Å². The third-order valence-corrected chi connectivity index (χ3v) is 2.66. The van der Waals surface area contributed by atoms with Crippen molar-refractivity contribution in [3.8, 4) is 11.5 Å². The highest BCUT2D eigenvalue weighted by Gasteiger charge is 2.21. The molecule has 17 heavy (non-hydrogen) atoms. The van der Waals surface area contributed by atoms with Crippen LogP contribution in [0.25, 0.3) is 0 Å². The molecule has 0 saturated carbocycles. The molecule has 0 bridgehead atoms. The fourth-order valence-corrected chi connectivity index (χ4v) is 1.77. The zero-order valence-corrected chi connectivity index (χ0v) is 10.7. The van der Waals surface area contributed by atoms with Gasteiger partial charge < -0.3 is 27.2 Å². The first-order valence-electron chi connectivity index (χ1n) is 5.49. The van der Waals surface area contributed by atoms with E-state index in [4.69, 9.17) is 9.47 Å². The first-order chi connectivity index (χ1) is 7.72. The van der Waals surface area contributed by atoms with Gasteiger partial charge in [0.25, 0.3) is 0 Å². The van der Waals surface area contributed by atoms with Gasteiger partial charge in [-0.1, -0.05) is 0 Å². The third-order valence-electron chi connectivity index (χ3n) is 2.66. The van der Waals surface area contributed by atoms with Crippen LogP contribution in [0, 0.1) is 0 Å². The van der Waals surface area contributed by atoms with Gasteiger partial charge >= 0.3 is 0 Å². The number of halogens is 1. The Morgan fingerprint density at radius 3 is 2.82 bits per heavy atom. The highest BCUT2D eigenvalue weighted by molar-refractivity contribution is 5.99. The van der Waals surface area contributed by atoms with Crippen molar-refractivity contribution in [2.75, 3.05) is 13.3 Å². The SMILES string of the molecule is CC[NH2+][C@H](C)C(=O)c1ccc2c(c1)OCO2.[Cl-]. The Morgan fingerprint density at radius 1 is 1.41 bits per heavy atom. The lowest BCUT2D eigenvalue weighted by Crippen LogP contribution is -3.00. The highest BCUT2D eigenvalue weighted by atomic mass is 35.5. The fourth-order valence-electron chi connectivity index (χ4n) is 1.77. The number of nitrogens with two attached hydrogens (primary N) is 1. The molecule has 2 rings (SSSR count). The quantitative estimate of drug-likeness (QED) is 0.611. The van der Waals surface area contributed by atoms with Gasteiger partial charge in [0.2, 0.25) is 12.6 Å². The minimum absolute atomic E-state index is 0. The molecule has 0 unspecified atom stereocenters. The van der Waals surface area contributed by atoms with Crippen molar-refractivity contribution in [2.24, 2.45) is 0 Å². The number of Topliss-reactive ketones (excluding diaryl/α,β-unsaturated/α-hetero) is 1. The molecule has 94 valence electrons. The Morgan fingerprint density at radius 2 is 2.12 bits per heavy atom. The Labute approximate surface area is 107 Å². The number of ether oxygens (including phenoxy) is 2. The smallest absolute Gasteiger partial charge is 0.231 e. The first kappa shape index (κ1) is 13.8. The Hall–Kier alpha value is -1.26. The summed E-state index contributed by atoms with van der Waals surface area (Å²) in [6.07, 6.45) is 0. The lowest BCUT2D eigenvalue weighted by Gasteiger charge is -2.08. The predicted molar refractivity (Wildman–Crippen MR) is 58.8 cm³/mol. The van der Waals surface area contributed by atoms with Crippen LogP contribution in [-0.2, 0) is 0 Å². The zero-order valence-electron chi connectivity index (χ0n) is 9.90. The highest BCUT2D eigenvalue weighted by Crippen LogP contribution is 2.32. The molecule has 5 heteroatoms. The van der Waals surface area contributed by atoms with E-state index in [-0.39, 0.29) is 31.0 Å². The lowest BCUT2D eigenvalue weighted by molar-refractivity contribution is -0.669. The maximum atomic E-state index is 12.0. The van der Waals surface area contributed by atoms with Gasteiger partial charge in [-0.2, -0.15) is 0 Å². The van der Waals surface area contributed by atoms with Crippen molar-refractivity contribution in [3.63, 3.8) is 0 Å². The maximum absolute atomic E-state index is 12.0. The lowest BCUT2D eigenvalue weighted by atomic mass is 10.0. The molecule has 1 aliphatic heterocycles. The largest absolute Gasteiger partial charge is 1.00 e. The number of benzene rings is 1. The number of likely N-dealkylation sites (N-methyl/N-ethyl adjacent to an activating group) is 1. The molecule has 0 aliphatic carbocycles. The van der Waals surface area contributed by atoms with Crippen LogP contribution in [0.4, 0.5) is 0 Å². The molecule has 0 spiro atoms. The molecule has 1 aliphatic rings. The van der Waals surface area contributed by atoms with E-state index in [1.54, 1.807) is 18.2 Å². The van der Waals surface area contributed by atoms with Crippen molar-refractivity contribution in [2.45, 2.75) is 19.9 Å². The molecular formula is C12H16ClNO3. The summed E-state index contributed by atoms with van der Waals surface area (Å²) >= 11 is 0. The van der Waals surface area contributed by atoms with Crippen molar-refractivity contribution < 1.29 is 32.0 Å². The molecular weight excluding hydrogens is 242 g/mol. The minimum Gasteiger partial charge on any atom is -1.00 e. The normalized spacial score (nSPS) is 14.0. The first-order valence-corrected chi connectivity index (χ1v) is 5.49. The number of hydrogen-bond acceptors (Lipinski definition) is 3. The molecule has 4 nitrogen and oxygen atoms in total. The second-order valence-electron chi connectivity index (χ2n) is 3.86. The van der Waals surface area contributed by atoms with Crippen LogP contribution >= 0.6 is 0 Å². The van der Waals surface area contributed by atoms with Crippen LogP contribution in [0.2, 0.25) is 0 Å². The van der Waals surface area contributed by atoms with Crippen LogP contribution in [0.15, 0.2) is 18.2 Å². The van der Waals surface area contributed by atoms with Gasteiger partial charge in [-0.15, -0.1) is 0 Å². The number of fused-ring (bicyclic) bond motifs is 1. The predicted octanol–water partition coefficient (Wildman–Crippen LogP) is -2.43. The van der Waals surface area contributed by atoms with Gasteiger partial charge in [0.15, 0.2) is 11.5 Å². The summed E-state index contributed by atoms with van der Waals surface area (Å²) in [4.78, 5) is 12.0. The van der Waals surface area contributed by atoms with Gasteiger partial charge in [0, 0.05) is 5.56 Å². The van der Waals surface area contributed by atoms with E-state index < -0.39 is 0 Å². The Kier molecular flexibility index (Phi) is 4.78. The second kappa shape index (κ2) is 5.89. The number of ketones is 1. The van der Waals surface area contributed by atoms with Gasteiger partial charge in [0.05, 0.1) is 6.54 Å². The second-order valence-corrected chi connectivity index (χ2v) is 3.86. The van der Waals surface area contributed by atoms with Crippen molar-refractivity contribution in [3.05, 3.63) is 23.8 Å². The summed E-state index contributed by atoms with van der Waals surface area (Å²) < 4.78 is 10.4. The summed E-state index contributed by atoms with van der Waals surface area (Å²) in [5, 5.41) is 2.01. The summed E-state index contributed by atoms with van der Waals surface area (Å²) in [7, 11) is 0. The summed E-state index contributed by atoms with van der Waals surface area (Å²) in [5.41, 5.74) is 0.682. The van der Waals surface area contributed by atoms with Crippen molar-refractivity contribution in [1.29, 1.82) is 0 Å². The third kappa shape index (κ3) is 2.90. The topological polar surface area (TPSA) is 52.1 Å². The van der Waals surface area contributed by atoms with Crippen LogP contribution in [0.3, 0.4) is 0 Å². The molecule has 0 radical (unpaired) electrons. The number of rotatable bonds is 4. The molecule has 0 aromatic heterocycles. The van der Waals surface area contributed by atoms with E-state index in [1.807, 2.05) is 19.2 Å². The van der Waals surface area contributed by atoms with Crippen molar-refractivity contribution in [1.82, 2.24) is 0 Å². The van der Waals surface area contributed by atoms with Gasteiger partial charge in [-0.3, -0.25) is 4.79 Å². The number of hydrogen-bond donors (Lipinski definition) is 1. The van der Waals surface area contributed by atoms with Crippen molar-refractivity contribution >= 4 is 5.78 Å². The average Bonchev–Trinajstić information content (AvgIpc) is 2.75. The summed E-state index contributed by atoms with van der Waals surface area (Å²) in [6, 6.07) is 5.28. The summed E-state index contributed by atoms with van der Waals surface area (Å²) in [5.74, 6) is 1.50. The molecule has 0 saturated heterocycles. The van der Waals surface area contributed by atoms with Gasteiger partial charge in [-0.05, 0) is 32.0 Å². The molecule has 1 heterocycles. The van der Waals surface area contributed by atoms with Crippen LogP contribution in [-0.4, -0.2) is 25.2 Å². The zero-order chi connectivity index (χ0) is 11.5. The Bertz CT molecular complexity index is 409. The minimum atomic E-state index is -0.0506. The number of quaternary nitrogens is 1. The number of carbonyl (C=O) groups excluding carboxylic acids is 1. The molecule has 2 N–H and O–H groups in total. The van der Waals surface area contributed by atoms with Gasteiger partial charge in [0.1, 0.15) is 6.04 Å². The maximum Gasteiger partial charge on any atom is 0.231 e. The molecule has 1 aromatic carbocycles. The van der Waals surface area contributed by atoms with E-state index in [9.17, 15) is 4.79 Å². The summed E-state index contributed by atoms with van der Waals surface area (Å²) in [6.45, 7) is 5.08. The van der Waals surface area contributed by atoms with E-state index in [0.717, 1.165) is 6.54 Å².